The fraction of sp³-hybridized carbons (Fsp3) is 0.533. The fourth-order valence-corrected chi connectivity index (χ4v) is 1.87. The zero-order valence-corrected chi connectivity index (χ0v) is 11.8. The van der Waals surface area contributed by atoms with Gasteiger partial charge in [0.05, 0.1) is 0 Å². The molecule has 0 spiro atoms. The van der Waals surface area contributed by atoms with Crippen LogP contribution in [-0.4, -0.2) is 18.6 Å². The summed E-state index contributed by atoms with van der Waals surface area (Å²) < 4.78 is 5.44. The van der Waals surface area contributed by atoms with E-state index in [0.29, 0.717) is 12.3 Å². The first kappa shape index (κ1) is 15.5. The molecule has 0 saturated heterocycles. The van der Waals surface area contributed by atoms with Crippen LogP contribution in [0.4, 0.5) is 0 Å². The molecule has 19 heavy (non-hydrogen) atoms. The van der Waals surface area contributed by atoms with Crippen molar-refractivity contribution >= 4 is 5.91 Å². The molecule has 106 valence electrons. The molecule has 0 aliphatic heterocycles. The number of amides is 1. The van der Waals surface area contributed by atoms with E-state index in [-0.39, 0.29) is 18.6 Å². The summed E-state index contributed by atoms with van der Waals surface area (Å²) in [5.41, 5.74) is 6.56. The molecule has 1 unspecified atom stereocenters. The maximum Gasteiger partial charge on any atom is 0.258 e. The van der Waals surface area contributed by atoms with Crippen molar-refractivity contribution in [2.24, 2.45) is 5.73 Å². The monoisotopic (exact) mass is 264 g/mol. The third-order valence-electron chi connectivity index (χ3n) is 3.02. The molecule has 0 saturated carbocycles. The van der Waals surface area contributed by atoms with E-state index in [0.717, 1.165) is 24.8 Å². The van der Waals surface area contributed by atoms with Crippen LogP contribution in [0, 0.1) is 0 Å². The molecule has 3 N–H and O–H groups in total. The maximum atomic E-state index is 11.7. The van der Waals surface area contributed by atoms with Crippen LogP contribution >= 0.6 is 0 Å². The SMILES string of the molecule is CCCC(CC)NC(=O)COc1ccc(CN)cc1. The van der Waals surface area contributed by atoms with E-state index in [4.69, 9.17) is 10.5 Å². The van der Waals surface area contributed by atoms with Crippen LogP contribution in [0.15, 0.2) is 24.3 Å². The van der Waals surface area contributed by atoms with Gasteiger partial charge in [-0.05, 0) is 30.5 Å². The normalized spacial score (nSPS) is 11.9. The first-order valence-electron chi connectivity index (χ1n) is 6.90. The molecule has 4 heteroatoms. The van der Waals surface area contributed by atoms with Crippen LogP contribution in [0.1, 0.15) is 38.7 Å². The van der Waals surface area contributed by atoms with Gasteiger partial charge in [-0.3, -0.25) is 4.79 Å². The van der Waals surface area contributed by atoms with E-state index in [9.17, 15) is 4.79 Å². The van der Waals surface area contributed by atoms with Gasteiger partial charge in [-0.15, -0.1) is 0 Å². The standard InChI is InChI=1S/C15H24N2O2/c1-3-5-13(4-2)17-15(18)11-19-14-8-6-12(10-16)7-9-14/h6-9,13H,3-5,10-11,16H2,1-2H3,(H,17,18). The Morgan fingerprint density at radius 3 is 2.53 bits per heavy atom. The zero-order valence-electron chi connectivity index (χ0n) is 11.8. The van der Waals surface area contributed by atoms with Crippen LogP contribution in [0.25, 0.3) is 0 Å². The van der Waals surface area contributed by atoms with Crippen molar-refractivity contribution in [2.45, 2.75) is 45.7 Å². The summed E-state index contributed by atoms with van der Waals surface area (Å²) >= 11 is 0. The summed E-state index contributed by atoms with van der Waals surface area (Å²) in [6.45, 7) is 4.76. The Balaban J connectivity index is 2.36. The summed E-state index contributed by atoms with van der Waals surface area (Å²) in [7, 11) is 0. The molecule has 0 bridgehead atoms. The summed E-state index contributed by atoms with van der Waals surface area (Å²) in [5, 5.41) is 2.98. The van der Waals surface area contributed by atoms with Gasteiger partial charge < -0.3 is 15.8 Å². The molecule has 0 heterocycles. The van der Waals surface area contributed by atoms with Crippen LogP contribution in [-0.2, 0) is 11.3 Å². The Morgan fingerprint density at radius 2 is 2.00 bits per heavy atom. The minimum Gasteiger partial charge on any atom is -0.484 e. The van der Waals surface area contributed by atoms with Gasteiger partial charge in [0.2, 0.25) is 0 Å². The van der Waals surface area contributed by atoms with Gasteiger partial charge in [0.25, 0.3) is 5.91 Å². The lowest BCUT2D eigenvalue weighted by atomic mass is 10.1. The van der Waals surface area contributed by atoms with Crippen LogP contribution in [0.5, 0.6) is 5.75 Å². The summed E-state index contributed by atoms with van der Waals surface area (Å²) in [6.07, 6.45) is 3.03. The molecule has 0 aliphatic rings. The lowest BCUT2D eigenvalue weighted by Crippen LogP contribution is -2.37. The Bertz CT molecular complexity index is 376. The van der Waals surface area contributed by atoms with Crippen LogP contribution < -0.4 is 15.8 Å². The third-order valence-corrected chi connectivity index (χ3v) is 3.02. The Kier molecular flexibility index (Phi) is 6.97. The molecule has 0 aliphatic carbocycles. The molecule has 1 amide bonds. The van der Waals surface area contributed by atoms with E-state index in [1.807, 2.05) is 24.3 Å². The van der Waals surface area contributed by atoms with E-state index in [1.54, 1.807) is 0 Å². The van der Waals surface area contributed by atoms with E-state index < -0.39 is 0 Å². The smallest absolute Gasteiger partial charge is 0.258 e. The van der Waals surface area contributed by atoms with Crippen molar-refractivity contribution in [2.75, 3.05) is 6.61 Å². The molecule has 0 radical (unpaired) electrons. The van der Waals surface area contributed by atoms with E-state index >= 15 is 0 Å². The molecular formula is C15H24N2O2. The fourth-order valence-electron chi connectivity index (χ4n) is 1.87. The zero-order chi connectivity index (χ0) is 14.1. The average molecular weight is 264 g/mol. The largest absolute Gasteiger partial charge is 0.484 e. The van der Waals surface area contributed by atoms with Gasteiger partial charge in [0.1, 0.15) is 5.75 Å². The van der Waals surface area contributed by atoms with Crippen molar-refractivity contribution in [3.8, 4) is 5.75 Å². The third kappa shape index (κ3) is 5.75. The highest BCUT2D eigenvalue weighted by atomic mass is 16.5. The maximum absolute atomic E-state index is 11.7. The quantitative estimate of drug-likeness (QED) is 0.756. The van der Waals surface area contributed by atoms with Crippen molar-refractivity contribution in [3.63, 3.8) is 0 Å². The molecule has 4 nitrogen and oxygen atoms in total. The van der Waals surface area contributed by atoms with E-state index in [1.165, 1.54) is 0 Å². The predicted molar refractivity (Wildman–Crippen MR) is 77.0 cm³/mol. The molecule has 1 aromatic rings. The molecule has 1 aromatic carbocycles. The summed E-state index contributed by atoms with van der Waals surface area (Å²) in [6, 6.07) is 7.72. The minimum atomic E-state index is -0.0665. The highest BCUT2D eigenvalue weighted by Crippen LogP contribution is 2.11. The summed E-state index contributed by atoms with van der Waals surface area (Å²) in [5.74, 6) is 0.624. The topological polar surface area (TPSA) is 64.3 Å². The number of carbonyl (C=O) groups is 1. The molecular weight excluding hydrogens is 240 g/mol. The van der Waals surface area contributed by atoms with Gasteiger partial charge >= 0.3 is 0 Å². The second-order valence-corrected chi connectivity index (χ2v) is 4.60. The Labute approximate surface area is 115 Å². The van der Waals surface area contributed by atoms with Gasteiger partial charge in [-0.1, -0.05) is 32.4 Å². The van der Waals surface area contributed by atoms with Crippen LogP contribution in [0.2, 0.25) is 0 Å². The Hall–Kier alpha value is -1.55. The average Bonchev–Trinajstić information content (AvgIpc) is 2.45. The first-order chi connectivity index (χ1) is 9.19. The number of nitrogens with two attached hydrogens (primary N) is 1. The number of ether oxygens (including phenoxy) is 1. The molecule has 1 atom stereocenters. The molecule has 1 rings (SSSR count). The van der Waals surface area contributed by atoms with Gasteiger partial charge in [-0.25, -0.2) is 0 Å². The number of hydrogen-bond acceptors (Lipinski definition) is 3. The van der Waals surface area contributed by atoms with Gasteiger partial charge in [0.15, 0.2) is 6.61 Å². The highest BCUT2D eigenvalue weighted by Gasteiger charge is 2.09. The van der Waals surface area contributed by atoms with Gasteiger partial charge in [-0.2, -0.15) is 0 Å². The number of carbonyl (C=O) groups excluding carboxylic acids is 1. The number of benzene rings is 1. The molecule has 0 fully saturated rings. The van der Waals surface area contributed by atoms with Crippen molar-refractivity contribution < 1.29 is 9.53 Å². The lowest BCUT2D eigenvalue weighted by molar-refractivity contribution is -0.123. The Morgan fingerprint density at radius 1 is 1.32 bits per heavy atom. The first-order valence-corrected chi connectivity index (χ1v) is 6.90. The number of rotatable bonds is 8. The van der Waals surface area contributed by atoms with E-state index in [2.05, 4.69) is 19.2 Å². The van der Waals surface area contributed by atoms with Crippen LogP contribution in [0.3, 0.4) is 0 Å². The lowest BCUT2D eigenvalue weighted by Gasteiger charge is -2.16. The molecule has 0 aromatic heterocycles. The van der Waals surface area contributed by atoms with Crippen molar-refractivity contribution in [1.82, 2.24) is 5.32 Å². The van der Waals surface area contributed by atoms with Crippen molar-refractivity contribution in [1.29, 1.82) is 0 Å². The number of hydrogen-bond donors (Lipinski definition) is 2. The summed E-state index contributed by atoms with van der Waals surface area (Å²) in [4.78, 5) is 11.7. The predicted octanol–water partition coefficient (Wildman–Crippen LogP) is 2.22. The highest BCUT2D eigenvalue weighted by molar-refractivity contribution is 5.77. The van der Waals surface area contributed by atoms with Crippen molar-refractivity contribution in [3.05, 3.63) is 29.8 Å². The van der Waals surface area contributed by atoms with Gasteiger partial charge in [0, 0.05) is 12.6 Å². The minimum absolute atomic E-state index is 0.0577. The second-order valence-electron chi connectivity index (χ2n) is 4.60. The second kappa shape index (κ2) is 8.53. The number of nitrogens with one attached hydrogen (secondary N) is 1.